The van der Waals surface area contributed by atoms with E-state index in [-0.39, 0.29) is 11.3 Å². The molecule has 0 fully saturated rings. The zero-order chi connectivity index (χ0) is 11.6. The van der Waals surface area contributed by atoms with Gasteiger partial charge in [-0.25, -0.2) is 4.39 Å². The highest BCUT2D eigenvalue weighted by molar-refractivity contribution is 5.28. The predicted molar refractivity (Wildman–Crippen MR) is 43.3 cm³/mol. The van der Waals surface area contributed by atoms with Crippen molar-refractivity contribution < 1.29 is 22.3 Å². The Hall–Kier alpha value is -1.53. The second-order valence-electron chi connectivity index (χ2n) is 2.81. The van der Waals surface area contributed by atoms with Crippen LogP contribution in [0, 0.1) is 6.92 Å². The summed E-state index contributed by atoms with van der Waals surface area (Å²) in [6.07, 6.45) is -4.93. The van der Waals surface area contributed by atoms with Gasteiger partial charge in [0.1, 0.15) is 6.67 Å². The standard InChI is InChI=1S/C8H7F4NO2/c1-4-2-6(15-8(10,11)12)7(14)13-5(4)3-9/h2H,3H2,1H3,(H,13,14). The molecule has 1 heterocycles. The molecule has 3 nitrogen and oxygen atoms in total. The molecule has 0 saturated carbocycles. The lowest BCUT2D eigenvalue weighted by Gasteiger charge is -2.09. The van der Waals surface area contributed by atoms with Gasteiger partial charge in [-0.1, -0.05) is 0 Å². The lowest BCUT2D eigenvalue weighted by molar-refractivity contribution is -0.275. The van der Waals surface area contributed by atoms with Crippen molar-refractivity contribution in [2.24, 2.45) is 0 Å². The number of hydrogen-bond acceptors (Lipinski definition) is 2. The van der Waals surface area contributed by atoms with Gasteiger partial charge in [0.2, 0.25) is 0 Å². The van der Waals surface area contributed by atoms with Crippen molar-refractivity contribution in [3.05, 3.63) is 27.7 Å². The van der Waals surface area contributed by atoms with Crippen LogP contribution in [-0.2, 0) is 6.67 Å². The number of aromatic amines is 1. The molecular weight excluding hydrogens is 218 g/mol. The van der Waals surface area contributed by atoms with Crippen molar-refractivity contribution in [2.75, 3.05) is 0 Å². The highest BCUT2D eigenvalue weighted by Gasteiger charge is 2.32. The fraction of sp³-hybridized carbons (Fsp3) is 0.375. The van der Waals surface area contributed by atoms with E-state index < -0.39 is 24.3 Å². The van der Waals surface area contributed by atoms with E-state index in [2.05, 4.69) is 4.74 Å². The molecule has 0 amide bonds. The molecule has 0 aliphatic rings. The van der Waals surface area contributed by atoms with Gasteiger partial charge in [-0.2, -0.15) is 0 Å². The molecule has 84 valence electrons. The normalized spacial score (nSPS) is 11.5. The first-order valence-corrected chi connectivity index (χ1v) is 3.88. The van der Waals surface area contributed by atoms with E-state index in [1.54, 1.807) is 0 Å². The van der Waals surface area contributed by atoms with Crippen molar-refractivity contribution in [1.82, 2.24) is 4.98 Å². The van der Waals surface area contributed by atoms with E-state index in [0.29, 0.717) is 0 Å². The Morgan fingerprint density at radius 3 is 2.53 bits per heavy atom. The number of pyridine rings is 1. The smallest absolute Gasteiger partial charge is 0.400 e. The Labute approximate surface area is 81.7 Å². The molecule has 15 heavy (non-hydrogen) atoms. The van der Waals surface area contributed by atoms with E-state index in [9.17, 15) is 22.4 Å². The summed E-state index contributed by atoms with van der Waals surface area (Å²) in [5, 5.41) is 0. The minimum absolute atomic E-state index is 0.0606. The summed E-state index contributed by atoms with van der Waals surface area (Å²) in [5.74, 6) is -0.891. The number of rotatable bonds is 2. The Balaban J connectivity index is 3.12. The maximum Gasteiger partial charge on any atom is 0.573 e. The quantitative estimate of drug-likeness (QED) is 0.782. The Morgan fingerprint density at radius 2 is 2.07 bits per heavy atom. The molecule has 0 aliphatic heterocycles. The summed E-state index contributed by atoms with van der Waals surface area (Å²) in [5.41, 5.74) is -0.976. The SMILES string of the molecule is Cc1cc(OC(F)(F)F)c(=O)[nH]c1CF. The third kappa shape index (κ3) is 2.97. The van der Waals surface area contributed by atoms with E-state index in [1.165, 1.54) is 6.92 Å². The van der Waals surface area contributed by atoms with Crippen LogP contribution < -0.4 is 10.3 Å². The number of halogens is 4. The molecule has 7 heteroatoms. The van der Waals surface area contributed by atoms with Crippen molar-refractivity contribution in [2.45, 2.75) is 20.0 Å². The zero-order valence-electron chi connectivity index (χ0n) is 7.61. The van der Waals surface area contributed by atoms with Gasteiger partial charge in [-0.3, -0.25) is 4.79 Å². The number of ether oxygens (including phenoxy) is 1. The summed E-state index contributed by atoms with van der Waals surface area (Å²) in [4.78, 5) is 12.9. The molecule has 0 radical (unpaired) electrons. The van der Waals surface area contributed by atoms with E-state index in [1.807, 2.05) is 4.98 Å². The van der Waals surface area contributed by atoms with Crippen molar-refractivity contribution in [3.8, 4) is 5.75 Å². The van der Waals surface area contributed by atoms with Crippen LogP contribution in [0.25, 0.3) is 0 Å². The highest BCUT2D eigenvalue weighted by Crippen LogP contribution is 2.20. The number of H-pyrrole nitrogens is 1. The maximum absolute atomic E-state index is 12.2. The summed E-state index contributed by atoms with van der Waals surface area (Å²) in [7, 11) is 0. The molecule has 0 aliphatic carbocycles. The highest BCUT2D eigenvalue weighted by atomic mass is 19.4. The fourth-order valence-electron chi connectivity index (χ4n) is 0.986. The number of alkyl halides is 4. The average Bonchev–Trinajstić information content (AvgIpc) is 2.08. The van der Waals surface area contributed by atoms with Crippen LogP contribution in [0.1, 0.15) is 11.3 Å². The average molecular weight is 225 g/mol. The Bertz CT molecular complexity index is 410. The summed E-state index contributed by atoms with van der Waals surface area (Å²) >= 11 is 0. The van der Waals surface area contributed by atoms with Crippen molar-refractivity contribution >= 4 is 0 Å². The van der Waals surface area contributed by atoms with Crippen LogP contribution in [0.2, 0.25) is 0 Å². The van der Waals surface area contributed by atoms with Crippen LogP contribution in [0.3, 0.4) is 0 Å². The third-order valence-electron chi connectivity index (χ3n) is 1.67. The molecule has 0 spiro atoms. The summed E-state index contributed by atoms with van der Waals surface area (Å²) < 4.78 is 51.0. The van der Waals surface area contributed by atoms with Gasteiger partial charge in [-0.15, -0.1) is 13.2 Å². The summed E-state index contributed by atoms with van der Waals surface area (Å²) in [6.45, 7) is 0.418. The van der Waals surface area contributed by atoms with Gasteiger partial charge in [-0.05, 0) is 18.6 Å². The minimum atomic E-state index is -4.93. The van der Waals surface area contributed by atoms with Crippen LogP contribution in [0.4, 0.5) is 17.6 Å². The first kappa shape index (κ1) is 11.5. The van der Waals surface area contributed by atoms with Crippen molar-refractivity contribution in [3.63, 3.8) is 0 Å². The molecule has 1 N–H and O–H groups in total. The van der Waals surface area contributed by atoms with Crippen LogP contribution in [-0.4, -0.2) is 11.3 Å². The first-order chi connectivity index (χ1) is 6.83. The van der Waals surface area contributed by atoms with Gasteiger partial charge in [0.05, 0.1) is 5.69 Å². The first-order valence-electron chi connectivity index (χ1n) is 3.88. The molecular formula is C8H7F4NO2. The second-order valence-corrected chi connectivity index (χ2v) is 2.81. The van der Waals surface area contributed by atoms with Crippen LogP contribution in [0.5, 0.6) is 5.75 Å². The molecule has 0 unspecified atom stereocenters. The minimum Gasteiger partial charge on any atom is -0.400 e. The molecule has 0 bridgehead atoms. The van der Waals surface area contributed by atoms with Gasteiger partial charge in [0, 0.05) is 0 Å². The van der Waals surface area contributed by atoms with Gasteiger partial charge >= 0.3 is 6.36 Å². The van der Waals surface area contributed by atoms with Gasteiger partial charge in [0.25, 0.3) is 5.56 Å². The topological polar surface area (TPSA) is 42.1 Å². The van der Waals surface area contributed by atoms with Crippen molar-refractivity contribution in [1.29, 1.82) is 0 Å². The zero-order valence-corrected chi connectivity index (χ0v) is 7.61. The molecule has 1 rings (SSSR count). The van der Waals surface area contributed by atoms with E-state index >= 15 is 0 Å². The molecule has 0 atom stereocenters. The summed E-state index contributed by atoms with van der Waals surface area (Å²) in [6, 6.07) is 0.848. The molecule has 0 aromatic carbocycles. The maximum atomic E-state index is 12.2. The fourth-order valence-corrected chi connectivity index (χ4v) is 0.986. The van der Waals surface area contributed by atoms with E-state index in [4.69, 9.17) is 0 Å². The third-order valence-corrected chi connectivity index (χ3v) is 1.67. The lowest BCUT2D eigenvalue weighted by atomic mass is 10.2. The Morgan fingerprint density at radius 1 is 1.47 bits per heavy atom. The number of aromatic nitrogens is 1. The van der Waals surface area contributed by atoms with Gasteiger partial charge in [0.15, 0.2) is 5.75 Å². The lowest BCUT2D eigenvalue weighted by Crippen LogP contribution is -2.23. The predicted octanol–water partition coefficient (Wildman–Crippen LogP) is 2.05. The monoisotopic (exact) mass is 225 g/mol. The largest absolute Gasteiger partial charge is 0.573 e. The molecule has 1 aromatic heterocycles. The van der Waals surface area contributed by atoms with Crippen LogP contribution in [0.15, 0.2) is 10.9 Å². The number of nitrogens with one attached hydrogen (secondary N) is 1. The van der Waals surface area contributed by atoms with Crippen LogP contribution >= 0.6 is 0 Å². The Kier molecular flexibility index (Phi) is 3.01. The number of hydrogen-bond donors (Lipinski definition) is 1. The number of aryl methyl sites for hydroxylation is 1. The molecule has 1 aromatic rings. The van der Waals surface area contributed by atoms with Gasteiger partial charge < -0.3 is 9.72 Å². The second kappa shape index (κ2) is 3.92. The van der Waals surface area contributed by atoms with E-state index in [0.717, 1.165) is 6.07 Å². The molecule has 0 saturated heterocycles.